The van der Waals surface area contributed by atoms with Crippen LogP contribution in [-0.4, -0.2) is 33.8 Å². The summed E-state index contributed by atoms with van der Waals surface area (Å²) in [6, 6.07) is 5.47. The fraction of sp³-hybridized carbons (Fsp3) is 0.385. The van der Waals surface area contributed by atoms with Gasteiger partial charge in [0.15, 0.2) is 0 Å². The first-order valence-corrected chi connectivity index (χ1v) is 5.92. The average molecular weight is 246 g/mol. The maximum absolute atomic E-state index is 11.2. The van der Waals surface area contributed by atoms with E-state index in [9.17, 15) is 9.90 Å². The predicted octanol–water partition coefficient (Wildman–Crippen LogP) is 2.08. The molecule has 3 rings (SSSR count). The highest BCUT2D eigenvalue weighted by molar-refractivity contribution is 6.01. The number of nitrogens with zero attached hydrogens (tertiary/aromatic N) is 2. The largest absolute Gasteiger partial charge is 0.478 e. The minimum atomic E-state index is -0.912. The Bertz CT molecular complexity index is 599. The third kappa shape index (κ3) is 1.59. The van der Waals surface area contributed by atoms with Crippen LogP contribution < -0.4 is 0 Å². The lowest BCUT2D eigenvalue weighted by Gasteiger charge is -2.35. The molecule has 5 heteroatoms. The Balaban J connectivity index is 2.05. The average Bonchev–Trinajstić information content (AvgIpc) is 2.71. The van der Waals surface area contributed by atoms with Gasteiger partial charge in [0.25, 0.3) is 0 Å². The van der Waals surface area contributed by atoms with Gasteiger partial charge in [0.2, 0.25) is 0 Å². The van der Waals surface area contributed by atoms with E-state index in [4.69, 9.17) is 4.74 Å². The SMILES string of the molecule is COC1CC(n2cnc3cccc(C(=O)O)c32)C1. The number of fused-ring (bicyclic) bond motifs is 1. The molecule has 1 aliphatic carbocycles. The monoisotopic (exact) mass is 246 g/mol. The van der Waals surface area contributed by atoms with Gasteiger partial charge in [-0.3, -0.25) is 0 Å². The van der Waals surface area contributed by atoms with Gasteiger partial charge < -0.3 is 14.4 Å². The molecule has 0 aliphatic heterocycles. The molecule has 1 saturated carbocycles. The van der Waals surface area contributed by atoms with Gasteiger partial charge in [0.05, 0.1) is 29.0 Å². The van der Waals surface area contributed by atoms with Crippen molar-refractivity contribution in [2.24, 2.45) is 0 Å². The van der Waals surface area contributed by atoms with Crippen LogP contribution in [0.4, 0.5) is 0 Å². The molecule has 1 N–H and O–H groups in total. The van der Waals surface area contributed by atoms with Crippen molar-refractivity contribution in [2.45, 2.75) is 25.0 Å². The van der Waals surface area contributed by atoms with Crippen molar-refractivity contribution >= 4 is 17.0 Å². The number of hydrogen-bond acceptors (Lipinski definition) is 3. The Morgan fingerprint density at radius 2 is 2.28 bits per heavy atom. The van der Waals surface area contributed by atoms with Gasteiger partial charge in [-0.05, 0) is 25.0 Å². The second-order valence-corrected chi connectivity index (χ2v) is 4.61. The number of ether oxygens (including phenoxy) is 1. The van der Waals surface area contributed by atoms with Crippen LogP contribution in [-0.2, 0) is 4.74 Å². The molecule has 1 heterocycles. The maximum Gasteiger partial charge on any atom is 0.337 e. The number of methoxy groups -OCH3 is 1. The van der Waals surface area contributed by atoms with Crippen molar-refractivity contribution < 1.29 is 14.6 Å². The van der Waals surface area contributed by atoms with Crippen molar-refractivity contribution in [1.82, 2.24) is 9.55 Å². The summed E-state index contributed by atoms with van der Waals surface area (Å²) < 4.78 is 7.22. The van der Waals surface area contributed by atoms with Crippen molar-refractivity contribution in [1.29, 1.82) is 0 Å². The van der Waals surface area contributed by atoms with E-state index in [1.165, 1.54) is 0 Å². The second kappa shape index (κ2) is 4.10. The van der Waals surface area contributed by atoms with Gasteiger partial charge in [-0.2, -0.15) is 0 Å². The van der Waals surface area contributed by atoms with Crippen LogP contribution in [0, 0.1) is 0 Å². The molecule has 0 bridgehead atoms. The number of para-hydroxylation sites is 1. The Kier molecular flexibility index (Phi) is 2.56. The van der Waals surface area contributed by atoms with Gasteiger partial charge in [-0.25, -0.2) is 9.78 Å². The highest BCUT2D eigenvalue weighted by Crippen LogP contribution is 2.36. The number of aromatic nitrogens is 2. The number of imidazole rings is 1. The van der Waals surface area contributed by atoms with E-state index in [0.717, 1.165) is 18.4 Å². The Morgan fingerprint density at radius 3 is 2.94 bits per heavy atom. The zero-order valence-electron chi connectivity index (χ0n) is 10.0. The molecule has 0 unspecified atom stereocenters. The predicted molar refractivity (Wildman–Crippen MR) is 65.8 cm³/mol. The lowest BCUT2D eigenvalue weighted by Crippen LogP contribution is -2.32. The highest BCUT2D eigenvalue weighted by Gasteiger charge is 2.32. The summed E-state index contributed by atoms with van der Waals surface area (Å²) in [6.07, 6.45) is 3.84. The molecule has 0 amide bonds. The Hall–Kier alpha value is -1.88. The summed E-state index contributed by atoms with van der Waals surface area (Å²) in [7, 11) is 1.70. The fourth-order valence-electron chi connectivity index (χ4n) is 2.50. The molecular weight excluding hydrogens is 232 g/mol. The molecule has 1 aromatic heterocycles. The van der Waals surface area contributed by atoms with Crippen LogP contribution in [0.1, 0.15) is 29.2 Å². The molecule has 1 fully saturated rings. The summed E-state index contributed by atoms with van der Waals surface area (Å²) in [5.74, 6) is -0.912. The fourth-order valence-corrected chi connectivity index (χ4v) is 2.50. The number of carbonyl (C=O) groups is 1. The number of aromatic carboxylic acids is 1. The van der Waals surface area contributed by atoms with Crippen LogP contribution in [0.3, 0.4) is 0 Å². The van der Waals surface area contributed by atoms with Crippen molar-refractivity contribution in [3.8, 4) is 0 Å². The molecule has 94 valence electrons. The summed E-state index contributed by atoms with van der Waals surface area (Å²) in [5.41, 5.74) is 1.76. The molecule has 0 saturated heterocycles. The highest BCUT2D eigenvalue weighted by atomic mass is 16.5. The molecule has 1 aromatic carbocycles. The second-order valence-electron chi connectivity index (χ2n) is 4.61. The molecule has 0 atom stereocenters. The molecular formula is C13H14N2O3. The van der Waals surface area contributed by atoms with Gasteiger partial charge in [-0.15, -0.1) is 0 Å². The van der Waals surface area contributed by atoms with E-state index in [-0.39, 0.29) is 6.10 Å². The van der Waals surface area contributed by atoms with Gasteiger partial charge in [0.1, 0.15) is 0 Å². The van der Waals surface area contributed by atoms with E-state index in [1.807, 2.05) is 10.6 Å². The number of benzene rings is 1. The lowest BCUT2D eigenvalue weighted by atomic mass is 9.89. The van der Waals surface area contributed by atoms with Crippen molar-refractivity contribution in [2.75, 3.05) is 7.11 Å². The molecule has 18 heavy (non-hydrogen) atoms. The number of hydrogen-bond donors (Lipinski definition) is 1. The van der Waals surface area contributed by atoms with Crippen LogP contribution in [0.5, 0.6) is 0 Å². The molecule has 5 nitrogen and oxygen atoms in total. The van der Waals surface area contributed by atoms with Gasteiger partial charge in [-0.1, -0.05) is 6.07 Å². The molecule has 0 radical (unpaired) electrons. The molecule has 2 aromatic rings. The first-order valence-electron chi connectivity index (χ1n) is 5.92. The van der Waals surface area contributed by atoms with E-state index in [1.54, 1.807) is 25.6 Å². The quantitative estimate of drug-likeness (QED) is 0.900. The first-order chi connectivity index (χ1) is 8.70. The Morgan fingerprint density at radius 1 is 1.50 bits per heavy atom. The van der Waals surface area contributed by atoms with Crippen LogP contribution in [0.15, 0.2) is 24.5 Å². The van der Waals surface area contributed by atoms with Crippen LogP contribution in [0.25, 0.3) is 11.0 Å². The van der Waals surface area contributed by atoms with E-state index < -0.39 is 5.97 Å². The van der Waals surface area contributed by atoms with E-state index >= 15 is 0 Å². The summed E-state index contributed by atoms with van der Waals surface area (Å²) in [5, 5.41) is 9.23. The topological polar surface area (TPSA) is 64.4 Å². The zero-order valence-corrected chi connectivity index (χ0v) is 10.0. The minimum Gasteiger partial charge on any atom is -0.478 e. The lowest BCUT2D eigenvalue weighted by molar-refractivity contribution is 0.00731. The number of carboxylic acids is 1. The summed E-state index contributed by atoms with van der Waals surface area (Å²) in [6.45, 7) is 0. The maximum atomic E-state index is 11.2. The van der Waals surface area contributed by atoms with Crippen LogP contribution in [0.2, 0.25) is 0 Å². The first kappa shape index (κ1) is 11.2. The third-order valence-corrected chi connectivity index (χ3v) is 3.62. The summed E-state index contributed by atoms with van der Waals surface area (Å²) >= 11 is 0. The van der Waals surface area contributed by atoms with E-state index in [0.29, 0.717) is 17.1 Å². The normalized spacial score (nSPS) is 22.9. The van der Waals surface area contributed by atoms with Gasteiger partial charge >= 0.3 is 5.97 Å². The molecule has 0 spiro atoms. The Labute approximate surface area is 104 Å². The standard InChI is InChI=1S/C13H14N2O3/c1-18-9-5-8(6-9)15-7-14-11-4-2-3-10(12(11)15)13(16)17/h2-4,7-9H,5-6H2,1H3,(H,16,17). The van der Waals surface area contributed by atoms with Gasteiger partial charge in [0, 0.05) is 13.2 Å². The van der Waals surface area contributed by atoms with Crippen molar-refractivity contribution in [3.63, 3.8) is 0 Å². The number of rotatable bonds is 3. The molecule has 1 aliphatic rings. The third-order valence-electron chi connectivity index (χ3n) is 3.62. The minimum absolute atomic E-state index is 0.282. The van der Waals surface area contributed by atoms with Crippen molar-refractivity contribution in [3.05, 3.63) is 30.1 Å². The zero-order chi connectivity index (χ0) is 12.7. The van der Waals surface area contributed by atoms with Crippen LogP contribution >= 0.6 is 0 Å². The summed E-state index contributed by atoms with van der Waals surface area (Å²) in [4.78, 5) is 15.5. The number of carboxylic acid groups (broad SMARTS) is 1. The van der Waals surface area contributed by atoms with E-state index in [2.05, 4.69) is 4.98 Å². The smallest absolute Gasteiger partial charge is 0.337 e.